The molecule has 10 atom stereocenters. The third-order valence-corrected chi connectivity index (χ3v) is 12.0. The fourth-order valence-electron chi connectivity index (χ4n) is 10.5. The van der Waals surface area contributed by atoms with Gasteiger partial charge in [-0.15, -0.1) is 0 Å². The molecule has 2 saturated carbocycles. The number of ether oxygens (including phenoxy) is 4. The molecule has 234 valence electrons. The zero-order valence-corrected chi connectivity index (χ0v) is 24.7. The van der Waals surface area contributed by atoms with E-state index in [1.807, 2.05) is 0 Å². The summed E-state index contributed by atoms with van der Waals surface area (Å²) in [5.41, 5.74) is -8.83. The molecule has 0 amide bonds. The van der Waals surface area contributed by atoms with Crippen molar-refractivity contribution < 1.29 is 62.5 Å². The number of cyclic esters (lactones) is 2. The molecule has 2 N–H and O–H groups in total. The molecule has 4 aliphatic heterocycles. The summed E-state index contributed by atoms with van der Waals surface area (Å²) in [6, 6.07) is 1.66. The summed E-state index contributed by atoms with van der Waals surface area (Å²) in [6.45, 7) is 7.43. The molecule has 0 unspecified atom stereocenters. The van der Waals surface area contributed by atoms with E-state index in [9.17, 15) is 29.4 Å². The van der Waals surface area contributed by atoms with E-state index in [0.29, 0.717) is 18.4 Å². The van der Waals surface area contributed by atoms with Gasteiger partial charge in [0.1, 0.15) is 30.0 Å². The molecule has 1 aromatic rings. The van der Waals surface area contributed by atoms with E-state index in [-0.39, 0.29) is 19.4 Å². The van der Waals surface area contributed by atoms with Gasteiger partial charge < -0.3 is 33.6 Å². The van der Waals surface area contributed by atoms with E-state index in [0.717, 1.165) is 6.92 Å². The maximum Gasteiger partial charge on any atom is 0.339 e. The van der Waals surface area contributed by atoms with Crippen molar-refractivity contribution in [1.29, 1.82) is 0 Å². The summed E-state index contributed by atoms with van der Waals surface area (Å²) < 4.78 is 29.5. The molecule has 7 rings (SSSR count). The van der Waals surface area contributed by atoms with Gasteiger partial charge >= 0.3 is 23.9 Å². The number of rotatable bonds is 4. The number of furan rings is 1. The average Bonchev–Trinajstić information content (AvgIpc) is 3.59. The molecular formula is C30H36O13. The Hall–Kier alpha value is -3.00. The molecule has 13 nitrogen and oxygen atoms in total. The molecular weight excluding hydrogens is 568 g/mol. The highest BCUT2D eigenvalue weighted by Crippen LogP contribution is 2.84. The first-order valence-corrected chi connectivity index (χ1v) is 14.6. The van der Waals surface area contributed by atoms with Gasteiger partial charge in [0, 0.05) is 49.0 Å². The SMILES string of the molecule is CC(=O)OO[C@@]12C[C@@]34O[C@]1(O)[C@]1(COC(=O)C[C@H]1C(C)(C)[C@@H]2OC(C)=O)[C@H]3CC[C@@]1(C)[C@H](c2ccoc2)OC(=O)C[C@]14O. The van der Waals surface area contributed by atoms with Gasteiger partial charge in [0.05, 0.1) is 24.4 Å². The van der Waals surface area contributed by atoms with E-state index in [4.69, 9.17) is 33.1 Å². The molecule has 6 fully saturated rings. The second kappa shape index (κ2) is 8.38. The van der Waals surface area contributed by atoms with Crippen LogP contribution in [-0.4, -0.2) is 69.4 Å². The predicted octanol–water partition coefficient (Wildman–Crippen LogP) is 2.03. The smallest absolute Gasteiger partial charge is 0.339 e. The standard InChI is InChI=1S/C30H36O13/c1-15(31)39-23-24(3,4)19-10-20(33)38-14-26(19)18-6-8-25(5)22(17-7-9-37-12-17)40-21(34)11-29(25,35)27(18)13-28(23,30(26,36)42-27)43-41-16(2)32/h7,9,12,18-19,22-23,35-36H,6,8,10-11,13-14H2,1-5H3/t18-,19+,22+,23+,25+,26-,27-,28-,29+,30-/m1/s1. The van der Waals surface area contributed by atoms with Gasteiger partial charge in [-0.2, -0.15) is 4.89 Å². The quantitative estimate of drug-likeness (QED) is 0.221. The molecule has 5 heterocycles. The summed E-state index contributed by atoms with van der Waals surface area (Å²) in [4.78, 5) is 62.0. The second-order valence-electron chi connectivity index (χ2n) is 14.1. The van der Waals surface area contributed by atoms with Gasteiger partial charge in [-0.25, -0.2) is 4.79 Å². The molecule has 0 radical (unpaired) electrons. The lowest BCUT2D eigenvalue weighted by Gasteiger charge is -2.71. The maximum atomic E-state index is 13.3. The van der Waals surface area contributed by atoms with Crippen molar-refractivity contribution in [3.05, 3.63) is 24.2 Å². The van der Waals surface area contributed by atoms with Crippen LogP contribution in [0.15, 0.2) is 23.0 Å². The van der Waals surface area contributed by atoms with Crippen molar-refractivity contribution in [2.24, 2.45) is 28.1 Å². The fourth-order valence-corrected chi connectivity index (χ4v) is 10.5. The first kappa shape index (κ1) is 28.8. The minimum atomic E-state index is -2.39. The lowest BCUT2D eigenvalue weighted by atomic mass is 9.34. The van der Waals surface area contributed by atoms with Crippen LogP contribution in [-0.2, 0) is 47.9 Å². The lowest BCUT2D eigenvalue weighted by molar-refractivity contribution is -0.461. The van der Waals surface area contributed by atoms with Gasteiger partial charge in [-0.1, -0.05) is 20.8 Å². The molecule has 1 aromatic heterocycles. The number of hydrogen-bond donors (Lipinski definition) is 2. The third-order valence-electron chi connectivity index (χ3n) is 12.0. The fraction of sp³-hybridized carbons (Fsp3) is 0.733. The first-order valence-electron chi connectivity index (χ1n) is 14.6. The Bertz CT molecular complexity index is 1420. The van der Waals surface area contributed by atoms with E-state index in [1.165, 1.54) is 19.5 Å². The predicted molar refractivity (Wildman–Crippen MR) is 138 cm³/mol. The highest BCUT2D eigenvalue weighted by atomic mass is 17.2. The molecule has 43 heavy (non-hydrogen) atoms. The van der Waals surface area contributed by atoms with Crippen LogP contribution in [0, 0.1) is 28.1 Å². The van der Waals surface area contributed by atoms with E-state index in [2.05, 4.69) is 0 Å². The van der Waals surface area contributed by atoms with Crippen molar-refractivity contribution in [1.82, 2.24) is 0 Å². The zero-order valence-electron chi connectivity index (χ0n) is 24.7. The summed E-state index contributed by atoms with van der Waals surface area (Å²) >= 11 is 0. The number of aliphatic hydroxyl groups is 2. The van der Waals surface area contributed by atoms with Crippen LogP contribution in [0.5, 0.6) is 0 Å². The van der Waals surface area contributed by atoms with Crippen LogP contribution in [0.1, 0.15) is 78.4 Å². The summed E-state index contributed by atoms with van der Waals surface area (Å²) in [7, 11) is 0. The lowest BCUT2D eigenvalue weighted by Crippen LogP contribution is -2.84. The van der Waals surface area contributed by atoms with Gasteiger partial charge in [-0.3, -0.25) is 19.3 Å². The topological polar surface area (TPSA) is 177 Å². The summed E-state index contributed by atoms with van der Waals surface area (Å²) in [6.07, 6.45) is 0.479. The van der Waals surface area contributed by atoms with Crippen molar-refractivity contribution in [3.8, 4) is 0 Å². The molecule has 2 spiro atoms. The van der Waals surface area contributed by atoms with E-state index in [1.54, 1.807) is 26.8 Å². The first-order chi connectivity index (χ1) is 20.0. The van der Waals surface area contributed by atoms with Crippen LogP contribution < -0.4 is 0 Å². The maximum absolute atomic E-state index is 13.3. The van der Waals surface area contributed by atoms with Gasteiger partial charge in [0.15, 0.2) is 0 Å². The van der Waals surface area contributed by atoms with Crippen LogP contribution in [0.4, 0.5) is 0 Å². The van der Waals surface area contributed by atoms with Crippen molar-refractivity contribution in [3.63, 3.8) is 0 Å². The Morgan fingerprint density at radius 2 is 1.79 bits per heavy atom. The Morgan fingerprint density at radius 3 is 2.44 bits per heavy atom. The van der Waals surface area contributed by atoms with Gasteiger partial charge in [0.2, 0.25) is 11.4 Å². The molecule has 0 aromatic carbocycles. The average molecular weight is 605 g/mol. The Morgan fingerprint density at radius 1 is 1.05 bits per heavy atom. The molecule has 4 saturated heterocycles. The number of carbonyl (C=O) groups excluding carboxylic acids is 4. The zero-order chi connectivity index (χ0) is 31.0. The monoisotopic (exact) mass is 604 g/mol. The van der Waals surface area contributed by atoms with E-state index < -0.39 is 93.2 Å². The largest absolute Gasteiger partial charge is 0.472 e. The van der Waals surface area contributed by atoms with Gasteiger partial charge in [0.25, 0.3) is 0 Å². The van der Waals surface area contributed by atoms with Crippen LogP contribution >= 0.6 is 0 Å². The Kier molecular flexibility index (Phi) is 5.60. The molecule has 2 aliphatic carbocycles. The van der Waals surface area contributed by atoms with Crippen molar-refractivity contribution in [2.75, 3.05) is 6.61 Å². The minimum Gasteiger partial charge on any atom is -0.472 e. The number of carbonyl (C=O) groups is 4. The Balaban J connectivity index is 1.50. The highest BCUT2D eigenvalue weighted by molar-refractivity contribution is 5.74. The molecule has 13 heteroatoms. The number of hydrogen-bond acceptors (Lipinski definition) is 13. The summed E-state index contributed by atoms with van der Waals surface area (Å²) in [5, 5.41) is 26.1. The van der Waals surface area contributed by atoms with Crippen molar-refractivity contribution in [2.45, 2.75) is 102 Å². The third kappa shape index (κ3) is 3.02. The van der Waals surface area contributed by atoms with Gasteiger partial charge in [-0.05, 0) is 24.8 Å². The second-order valence-corrected chi connectivity index (χ2v) is 14.1. The molecule has 6 aliphatic rings. The normalized spacial score (nSPS) is 48.7. The van der Waals surface area contributed by atoms with Crippen LogP contribution in [0.3, 0.4) is 0 Å². The van der Waals surface area contributed by atoms with Crippen LogP contribution in [0.2, 0.25) is 0 Å². The summed E-state index contributed by atoms with van der Waals surface area (Å²) in [5.74, 6) is -6.46. The number of esters is 3. The minimum absolute atomic E-state index is 0.137. The van der Waals surface area contributed by atoms with Crippen LogP contribution in [0.25, 0.3) is 0 Å². The van der Waals surface area contributed by atoms with Crippen molar-refractivity contribution >= 4 is 23.9 Å². The highest BCUT2D eigenvalue weighted by Gasteiger charge is 2.97. The Labute approximate surface area is 247 Å². The van der Waals surface area contributed by atoms with E-state index >= 15 is 0 Å². The number of fused-ring (bicyclic) bond motifs is 1. The molecule has 2 bridgehead atoms.